The van der Waals surface area contributed by atoms with Gasteiger partial charge in [0.25, 0.3) is 0 Å². The van der Waals surface area contributed by atoms with Crippen LogP contribution in [0.2, 0.25) is 0 Å². The van der Waals surface area contributed by atoms with Crippen molar-refractivity contribution in [1.29, 1.82) is 0 Å². The lowest BCUT2D eigenvalue weighted by atomic mass is 9.98. The van der Waals surface area contributed by atoms with Crippen molar-refractivity contribution in [3.8, 4) is 0 Å². The van der Waals surface area contributed by atoms with Gasteiger partial charge < -0.3 is 50.5 Å². The largest absolute Gasteiger partial charge is 0.394 e. The number of nitrogens with one attached hydrogen (secondary N) is 1. The second kappa shape index (κ2) is 37.1. The Morgan fingerprint density at radius 2 is 1.03 bits per heavy atom. The van der Waals surface area contributed by atoms with Gasteiger partial charge in [0.05, 0.1) is 25.4 Å². The molecule has 9 atom stereocenters. The van der Waals surface area contributed by atoms with E-state index >= 15 is 0 Å². The fourth-order valence-electron chi connectivity index (χ4n) is 7.21. The first kappa shape index (κ1) is 54.3. The zero-order valence-corrected chi connectivity index (χ0v) is 36.5. The molecule has 9 unspecified atom stereocenters. The molecule has 1 aliphatic heterocycles. The van der Waals surface area contributed by atoms with Crippen LogP contribution in [-0.2, 0) is 14.3 Å². The summed E-state index contributed by atoms with van der Waals surface area (Å²) < 4.78 is 11.1. The van der Waals surface area contributed by atoms with E-state index in [1.54, 1.807) is 0 Å². The average Bonchev–Trinajstić information content (AvgIpc) is 3.22. The van der Waals surface area contributed by atoms with Gasteiger partial charge in [-0.1, -0.05) is 147 Å². The van der Waals surface area contributed by atoms with Gasteiger partial charge >= 0.3 is 0 Å². The Balaban J connectivity index is 2.47. The van der Waals surface area contributed by atoms with E-state index in [4.69, 9.17) is 9.47 Å². The summed E-state index contributed by atoms with van der Waals surface area (Å²) in [6, 6.07) is -1.19. The zero-order chi connectivity index (χ0) is 42.6. The highest BCUT2D eigenvalue weighted by Crippen LogP contribution is 2.23. The number of carbonyl (C=O) groups is 1. The molecule has 340 valence electrons. The third-order valence-corrected chi connectivity index (χ3v) is 11.1. The molecule has 0 aromatic heterocycles. The molecule has 0 aromatic rings. The van der Waals surface area contributed by atoms with E-state index in [1.165, 1.54) is 89.9 Å². The van der Waals surface area contributed by atoms with Crippen molar-refractivity contribution < 1.29 is 50.0 Å². The van der Waals surface area contributed by atoms with Gasteiger partial charge in [0.1, 0.15) is 36.6 Å². The van der Waals surface area contributed by atoms with Crippen molar-refractivity contribution in [1.82, 2.24) is 5.32 Å². The van der Waals surface area contributed by atoms with Gasteiger partial charge in [-0.15, -0.1) is 0 Å². The lowest BCUT2D eigenvalue weighted by Gasteiger charge is -2.40. The van der Waals surface area contributed by atoms with Crippen LogP contribution < -0.4 is 5.32 Å². The molecule has 1 amide bonds. The minimum absolute atomic E-state index is 0.235. The third-order valence-electron chi connectivity index (χ3n) is 11.1. The molecule has 1 aliphatic rings. The molecule has 11 heteroatoms. The second-order valence-electron chi connectivity index (χ2n) is 16.5. The van der Waals surface area contributed by atoms with E-state index in [1.807, 2.05) is 0 Å². The van der Waals surface area contributed by atoms with E-state index in [2.05, 4.69) is 55.6 Å². The number of aliphatic hydroxyl groups excluding tert-OH is 7. The number of rotatable bonds is 38. The molecule has 1 fully saturated rings. The van der Waals surface area contributed by atoms with Crippen LogP contribution in [0.5, 0.6) is 0 Å². The van der Waals surface area contributed by atoms with Crippen molar-refractivity contribution in [2.75, 3.05) is 13.2 Å². The number of hydrogen-bond acceptors (Lipinski definition) is 10. The summed E-state index contributed by atoms with van der Waals surface area (Å²) in [5.41, 5.74) is 0. The fraction of sp³-hybridized carbons (Fsp3) is 0.851. The first-order valence-electron chi connectivity index (χ1n) is 23.4. The summed E-state index contributed by atoms with van der Waals surface area (Å²) in [7, 11) is 0. The minimum atomic E-state index is -1.67. The highest BCUT2D eigenvalue weighted by Gasteiger charge is 2.44. The van der Waals surface area contributed by atoms with Crippen molar-refractivity contribution in [3.05, 3.63) is 36.5 Å². The van der Waals surface area contributed by atoms with Gasteiger partial charge in [0.15, 0.2) is 6.29 Å². The van der Waals surface area contributed by atoms with Crippen LogP contribution in [0.4, 0.5) is 0 Å². The first-order valence-corrected chi connectivity index (χ1v) is 23.4. The Bertz CT molecular complexity index is 1040. The van der Waals surface area contributed by atoms with Gasteiger partial charge in [-0.3, -0.25) is 4.79 Å². The van der Waals surface area contributed by atoms with Crippen LogP contribution in [0.3, 0.4) is 0 Å². The number of carbonyl (C=O) groups excluding carboxylic acids is 1. The van der Waals surface area contributed by atoms with Gasteiger partial charge in [0, 0.05) is 0 Å². The molecule has 11 nitrogen and oxygen atoms in total. The molecule has 0 saturated carbocycles. The molecular formula is C47H87NO10. The second-order valence-corrected chi connectivity index (χ2v) is 16.5. The zero-order valence-electron chi connectivity index (χ0n) is 36.5. The number of allylic oxidation sites excluding steroid dienone is 6. The molecule has 1 saturated heterocycles. The van der Waals surface area contributed by atoms with Crippen LogP contribution in [-0.4, -0.2) is 110 Å². The van der Waals surface area contributed by atoms with Crippen LogP contribution in [0.1, 0.15) is 187 Å². The Kier molecular flexibility index (Phi) is 34.8. The van der Waals surface area contributed by atoms with Crippen LogP contribution in [0.25, 0.3) is 0 Å². The van der Waals surface area contributed by atoms with E-state index in [9.17, 15) is 40.5 Å². The molecule has 0 aliphatic carbocycles. The molecule has 58 heavy (non-hydrogen) atoms. The van der Waals surface area contributed by atoms with E-state index in [-0.39, 0.29) is 12.8 Å². The predicted molar refractivity (Wildman–Crippen MR) is 233 cm³/mol. The Labute approximate surface area is 352 Å². The Morgan fingerprint density at radius 3 is 1.57 bits per heavy atom. The Hall–Kier alpha value is -1.67. The van der Waals surface area contributed by atoms with Crippen LogP contribution in [0.15, 0.2) is 36.5 Å². The van der Waals surface area contributed by atoms with Crippen molar-refractivity contribution in [2.24, 2.45) is 0 Å². The third kappa shape index (κ3) is 26.5. The quantitative estimate of drug-likeness (QED) is 0.0227. The number of amides is 1. The van der Waals surface area contributed by atoms with Gasteiger partial charge in [-0.05, 0) is 77.0 Å². The summed E-state index contributed by atoms with van der Waals surface area (Å²) in [5.74, 6) is -0.723. The smallest absolute Gasteiger partial charge is 0.249 e. The van der Waals surface area contributed by atoms with E-state index < -0.39 is 74.2 Å². The molecular weight excluding hydrogens is 739 g/mol. The summed E-state index contributed by atoms with van der Waals surface area (Å²) in [5, 5.41) is 75.5. The van der Waals surface area contributed by atoms with Crippen LogP contribution >= 0.6 is 0 Å². The molecule has 0 spiro atoms. The summed E-state index contributed by atoms with van der Waals surface area (Å²) >= 11 is 0. The highest BCUT2D eigenvalue weighted by molar-refractivity contribution is 5.80. The molecule has 0 bridgehead atoms. The van der Waals surface area contributed by atoms with Crippen molar-refractivity contribution >= 4 is 5.91 Å². The molecule has 8 N–H and O–H groups in total. The van der Waals surface area contributed by atoms with Crippen molar-refractivity contribution in [3.63, 3.8) is 0 Å². The summed E-state index contributed by atoms with van der Waals surface area (Å²) in [6.45, 7) is 3.37. The number of aliphatic hydroxyl groups is 7. The molecule has 0 radical (unpaired) electrons. The first-order chi connectivity index (χ1) is 28.2. The monoisotopic (exact) mass is 826 g/mol. The molecule has 0 aromatic carbocycles. The van der Waals surface area contributed by atoms with Crippen molar-refractivity contribution in [2.45, 2.75) is 242 Å². The maximum Gasteiger partial charge on any atom is 0.249 e. The normalized spacial score (nSPS) is 22.3. The van der Waals surface area contributed by atoms with Crippen LogP contribution in [0, 0.1) is 0 Å². The minimum Gasteiger partial charge on any atom is -0.394 e. The average molecular weight is 826 g/mol. The lowest BCUT2D eigenvalue weighted by Crippen LogP contribution is -2.60. The summed E-state index contributed by atoms with van der Waals surface area (Å²) in [4.78, 5) is 13.0. The SMILES string of the molecule is CCCCC/C=C\CCCCCCC(O)C(=O)NC(COC1OC(CO)C(O)C(O)C1O)C(O)C(O)CCC/C=C/CC/C=C/CCCCCCCCCCCCC. The standard InChI is InChI=1S/C47H87NO10/c1-3-5-7-9-11-13-15-16-17-18-19-20-21-22-23-25-26-28-30-32-34-39(50)42(52)38(37-57-47-45(55)44(54)43(53)41(36-49)58-47)48-46(56)40(51)35-33-31-29-27-24-14-12-10-8-6-4-2/h12,14,21-22,26,28,38-45,47,49-55H,3-11,13,15-20,23-25,27,29-37H2,1-2H3,(H,48,56)/b14-12-,22-21+,28-26+. The predicted octanol–water partition coefficient (Wildman–Crippen LogP) is 7.61. The van der Waals surface area contributed by atoms with E-state index in [0.717, 1.165) is 51.4 Å². The van der Waals surface area contributed by atoms with E-state index in [0.29, 0.717) is 19.3 Å². The Morgan fingerprint density at radius 1 is 0.586 bits per heavy atom. The topological polar surface area (TPSA) is 189 Å². The molecule has 1 heterocycles. The number of ether oxygens (including phenoxy) is 2. The highest BCUT2D eigenvalue weighted by atomic mass is 16.7. The lowest BCUT2D eigenvalue weighted by molar-refractivity contribution is -0.303. The maximum atomic E-state index is 13.0. The fourth-order valence-corrected chi connectivity index (χ4v) is 7.21. The molecule has 1 rings (SSSR count). The number of unbranched alkanes of at least 4 members (excludes halogenated alkanes) is 20. The van der Waals surface area contributed by atoms with Gasteiger partial charge in [-0.2, -0.15) is 0 Å². The van der Waals surface area contributed by atoms with Gasteiger partial charge in [-0.25, -0.2) is 0 Å². The van der Waals surface area contributed by atoms with Gasteiger partial charge in [0.2, 0.25) is 5.91 Å². The maximum absolute atomic E-state index is 13.0. The number of hydrogen-bond donors (Lipinski definition) is 8. The summed E-state index contributed by atoms with van der Waals surface area (Å²) in [6.07, 6.45) is 30.6.